The Morgan fingerprint density at radius 3 is 1.73 bits per heavy atom. The molecule has 0 radical (unpaired) electrons. The smallest absolute Gasteiger partial charge is 0.306 e. The molecule has 44 heavy (non-hydrogen) atoms. The van der Waals surface area contributed by atoms with Crippen molar-refractivity contribution in [3.8, 4) is 0 Å². The summed E-state index contributed by atoms with van der Waals surface area (Å²) in [6.45, 7) is 4.13. The second kappa shape index (κ2) is 28.0. The van der Waals surface area contributed by atoms with Gasteiger partial charge in [-0.15, -0.1) is 0 Å². The number of hydrogen-bond acceptors (Lipinski definition) is 8. The third kappa shape index (κ3) is 30.8. The standard InChI is InChI=1S/C34H66NO8P/c1-6-8-10-12-14-16-17-18-19-21-23-25-27-34(37)43-32(31-42-44(38,39)41-29-28-35(3,4)5)30-40-33(36)26-24-22-20-15-13-11-9-7-2/h14,16,32H,6-13,15,17-31H2,1-5H3/b16-14+/t32-/m1/s1. The summed E-state index contributed by atoms with van der Waals surface area (Å²) in [6, 6.07) is 0. The molecular weight excluding hydrogens is 581 g/mol. The molecule has 0 aromatic rings. The van der Waals surface area contributed by atoms with Crippen molar-refractivity contribution in [2.24, 2.45) is 0 Å². The molecule has 0 fully saturated rings. The highest BCUT2D eigenvalue weighted by atomic mass is 31.2. The molecule has 2 atom stereocenters. The van der Waals surface area contributed by atoms with E-state index in [2.05, 4.69) is 26.0 Å². The van der Waals surface area contributed by atoms with Crippen LogP contribution in [0.15, 0.2) is 12.2 Å². The molecule has 260 valence electrons. The minimum atomic E-state index is -4.61. The number of rotatable bonds is 31. The molecule has 0 bridgehead atoms. The van der Waals surface area contributed by atoms with Gasteiger partial charge in [-0.05, 0) is 38.5 Å². The summed E-state index contributed by atoms with van der Waals surface area (Å²) in [4.78, 5) is 37.1. The van der Waals surface area contributed by atoms with Gasteiger partial charge in [0.1, 0.15) is 19.8 Å². The summed E-state index contributed by atoms with van der Waals surface area (Å²) >= 11 is 0. The number of nitrogens with zero attached hydrogens (tertiary/aromatic N) is 1. The first kappa shape index (κ1) is 42.8. The van der Waals surface area contributed by atoms with Crippen molar-refractivity contribution in [3.63, 3.8) is 0 Å². The lowest BCUT2D eigenvalue weighted by atomic mass is 10.1. The fourth-order valence-corrected chi connectivity index (χ4v) is 5.20. The van der Waals surface area contributed by atoms with Gasteiger partial charge in [0.05, 0.1) is 27.7 Å². The van der Waals surface area contributed by atoms with Crippen LogP contribution in [0.2, 0.25) is 0 Å². The summed E-state index contributed by atoms with van der Waals surface area (Å²) in [7, 11) is 1.16. The number of carbonyl (C=O) groups excluding carboxylic acids is 2. The number of ether oxygens (including phenoxy) is 2. The van der Waals surface area contributed by atoms with Crippen molar-refractivity contribution in [1.29, 1.82) is 0 Å². The molecule has 0 saturated carbocycles. The monoisotopic (exact) mass is 647 g/mol. The Morgan fingerprint density at radius 1 is 0.682 bits per heavy atom. The van der Waals surface area contributed by atoms with E-state index in [1.54, 1.807) is 0 Å². The first-order valence-corrected chi connectivity index (χ1v) is 18.9. The van der Waals surface area contributed by atoms with E-state index in [-0.39, 0.29) is 26.1 Å². The quantitative estimate of drug-likeness (QED) is 0.0244. The average molecular weight is 648 g/mol. The van der Waals surface area contributed by atoms with Crippen LogP contribution >= 0.6 is 7.82 Å². The van der Waals surface area contributed by atoms with Gasteiger partial charge in [0.2, 0.25) is 0 Å². The van der Waals surface area contributed by atoms with Gasteiger partial charge in [-0.1, -0.05) is 103 Å². The summed E-state index contributed by atoms with van der Waals surface area (Å²) < 4.78 is 33.6. The Kier molecular flexibility index (Phi) is 27.2. The van der Waals surface area contributed by atoms with Gasteiger partial charge in [0, 0.05) is 12.8 Å². The van der Waals surface area contributed by atoms with E-state index in [0.717, 1.165) is 57.8 Å². The number of quaternary nitrogens is 1. The van der Waals surface area contributed by atoms with Crippen molar-refractivity contribution >= 4 is 19.8 Å². The van der Waals surface area contributed by atoms with Crippen LogP contribution in [0.25, 0.3) is 0 Å². The number of allylic oxidation sites excluding steroid dienone is 2. The van der Waals surface area contributed by atoms with E-state index in [4.69, 9.17) is 18.5 Å². The van der Waals surface area contributed by atoms with E-state index in [0.29, 0.717) is 17.4 Å². The lowest BCUT2D eigenvalue weighted by Gasteiger charge is -2.28. The number of likely N-dealkylation sites (N-methyl/N-ethyl adjacent to an activating group) is 1. The van der Waals surface area contributed by atoms with Crippen LogP contribution in [-0.2, 0) is 32.7 Å². The van der Waals surface area contributed by atoms with Gasteiger partial charge >= 0.3 is 11.9 Å². The Balaban J connectivity index is 4.50. The molecule has 0 aliphatic heterocycles. The summed E-state index contributed by atoms with van der Waals surface area (Å²) in [5.74, 6) is -0.850. The maximum Gasteiger partial charge on any atom is 0.306 e. The van der Waals surface area contributed by atoms with Crippen molar-refractivity contribution in [1.82, 2.24) is 0 Å². The zero-order chi connectivity index (χ0) is 32.9. The van der Waals surface area contributed by atoms with Crippen LogP contribution in [0.4, 0.5) is 0 Å². The third-order valence-electron chi connectivity index (χ3n) is 7.29. The molecule has 0 aliphatic carbocycles. The highest BCUT2D eigenvalue weighted by Gasteiger charge is 2.21. The lowest BCUT2D eigenvalue weighted by molar-refractivity contribution is -0.870. The molecule has 1 unspecified atom stereocenters. The van der Waals surface area contributed by atoms with Gasteiger partial charge < -0.3 is 27.9 Å². The maximum absolute atomic E-state index is 12.5. The van der Waals surface area contributed by atoms with Gasteiger partial charge in [-0.25, -0.2) is 0 Å². The van der Waals surface area contributed by atoms with Crippen LogP contribution in [0.1, 0.15) is 142 Å². The molecule has 0 aromatic carbocycles. The number of carbonyl (C=O) groups is 2. The SMILES string of the molecule is CCCCC/C=C/CCCCCCCC(=O)O[C@H](COC(=O)CCCCCCCCCC)COP(=O)([O-])OCC[N+](C)(C)C. The molecule has 0 heterocycles. The Labute approximate surface area is 269 Å². The highest BCUT2D eigenvalue weighted by Crippen LogP contribution is 2.38. The van der Waals surface area contributed by atoms with Gasteiger partial charge in [0.15, 0.2) is 6.10 Å². The molecule has 9 nitrogen and oxygen atoms in total. The second-order valence-corrected chi connectivity index (χ2v) is 14.3. The van der Waals surface area contributed by atoms with E-state index < -0.39 is 32.5 Å². The molecule has 0 aromatic heterocycles. The predicted octanol–water partition coefficient (Wildman–Crippen LogP) is 8.05. The topological polar surface area (TPSA) is 111 Å². The van der Waals surface area contributed by atoms with Crippen molar-refractivity contribution < 1.29 is 42.1 Å². The van der Waals surface area contributed by atoms with Gasteiger partial charge in [0.25, 0.3) is 7.82 Å². The van der Waals surface area contributed by atoms with Crippen molar-refractivity contribution in [2.45, 2.75) is 148 Å². The zero-order valence-corrected chi connectivity index (χ0v) is 29.8. The summed E-state index contributed by atoms with van der Waals surface area (Å²) in [5, 5.41) is 0. The van der Waals surface area contributed by atoms with Crippen LogP contribution in [0.5, 0.6) is 0 Å². The summed E-state index contributed by atoms with van der Waals surface area (Å²) in [6.07, 6.45) is 23.9. The number of hydrogen-bond donors (Lipinski definition) is 0. The second-order valence-electron chi connectivity index (χ2n) is 12.9. The molecule has 0 aliphatic rings. The third-order valence-corrected chi connectivity index (χ3v) is 8.25. The molecule has 0 saturated heterocycles. The van der Waals surface area contributed by atoms with Crippen LogP contribution < -0.4 is 4.89 Å². The summed E-state index contributed by atoms with van der Waals surface area (Å²) in [5.41, 5.74) is 0. The maximum atomic E-state index is 12.5. The minimum Gasteiger partial charge on any atom is -0.756 e. The first-order valence-electron chi connectivity index (χ1n) is 17.4. The predicted molar refractivity (Wildman–Crippen MR) is 176 cm³/mol. The van der Waals surface area contributed by atoms with Crippen LogP contribution in [0, 0.1) is 0 Å². The van der Waals surface area contributed by atoms with E-state index >= 15 is 0 Å². The number of esters is 2. The fraction of sp³-hybridized carbons (Fsp3) is 0.882. The largest absolute Gasteiger partial charge is 0.756 e. The number of phosphoric ester groups is 1. The van der Waals surface area contributed by atoms with Gasteiger partial charge in [-0.3, -0.25) is 14.2 Å². The zero-order valence-electron chi connectivity index (χ0n) is 28.9. The van der Waals surface area contributed by atoms with Gasteiger partial charge in [-0.2, -0.15) is 0 Å². The number of phosphoric acid groups is 1. The number of unbranched alkanes of at least 4 members (excludes halogenated alkanes) is 15. The lowest BCUT2D eigenvalue weighted by Crippen LogP contribution is -2.37. The highest BCUT2D eigenvalue weighted by molar-refractivity contribution is 7.45. The Hall–Kier alpha value is -1.25. The molecule has 0 spiro atoms. The normalized spacial score (nSPS) is 14.0. The fourth-order valence-electron chi connectivity index (χ4n) is 4.47. The van der Waals surface area contributed by atoms with E-state index in [1.165, 1.54) is 51.4 Å². The van der Waals surface area contributed by atoms with Crippen molar-refractivity contribution in [2.75, 3.05) is 47.5 Å². The van der Waals surface area contributed by atoms with Crippen LogP contribution in [0.3, 0.4) is 0 Å². The molecule has 0 N–H and O–H groups in total. The van der Waals surface area contributed by atoms with E-state index in [1.807, 2.05) is 21.1 Å². The van der Waals surface area contributed by atoms with Crippen molar-refractivity contribution in [3.05, 3.63) is 12.2 Å². The molecule has 10 heteroatoms. The molecular formula is C34H66NO8P. The minimum absolute atomic E-state index is 0.0302. The van der Waals surface area contributed by atoms with E-state index in [9.17, 15) is 19.0 Å². The molecule has 0 amide bonds. The Bertz CT molecular complexity index is 784. The molecule has 0 rings (SSSR count). The first-order chi connectivity index (χ1) is 21.0. The Morgan fingerprint density at radius 2 is 1.16 bits per heavy atom. The van der Waals surface area contributed by atoms with Crippen LogP contribution in [-0.4, -0.2) is 70.0 Å². The average Bonchev–Trinajstić information content (AvgIpc) is 2.95.